The molecule has 1 fully saturated rings. The van der Waals surface area contributed by atoms with Gasteiger partial charge in [-0.15, -0.1) is 0 Å². The lowest BCUT2D eigenvalue weighted by atomic mass is 10.1. The third-order valence-corrected chi connectivity index (χ3v) is 4.10. The van der Waals surface area contributed by atoms with E-state index in [1.54, 1.807) is 12.4 Å². The summed E-state index contributed by atoms with van der Waals surface area (Å²) in [5.41, 5.74) is 0. The fraction of sp³-hybridized carbons (Fsp3) is 0.556. The van der Waals surface area contributed by atoms with Crippen molar-refractivity contribution in [2.24, 2.45) is 5.14 Å². The van der Waals surface area contributed by atoms with Gasteiger partial charge in [-0.1, -0.05) is 0 Å². The first-order valence-electron chi connectivity index (χ1n) is 5.02. The van der Waals surface area contributed by atoms with Crippen LogP contribution in [0, 0.1) is 6.07 Å². The highest BCUT2D eigenvalue weighted by molar-refractivity contribution is 7.89. The van der Waals surface area contributed by atoms with Crippen molar-refractivity contribution in [3.63, 3.8) is 0 Å². The zero-order chi connectivity index (χ0) is 11.6. The molecule has 6 nitrogen and oxygen atoms in total. The molecule has 2 N–H and O–H groups in total. The summed E-state index contributed by atoms with van der Waals surface area (Å²) in [6.07, 6.45) is 4.16. The maximum Gasteiger partial charge on any atom is 0.225 e. The summed E-state index contributed by atoms with van der Waals surface area (Å²) < 4.78 is 22.3. The van der Waals surface area contributed by atoms with Gasteiger partial charge in [0.25, 0.3) is 0 Å². The van der Waals surface area contributed by atoms with E-state index < -0.39 is 15.3 Å². The molecule has 1 aromatic rings. The van der Waals surface area contributed by atoms with Gasteiger partial charge in [0.05, 0.1) is 5.25 Å². The molecule has 7 heteroatoms. The molecule has 0 bridgehead atoms. The molecule has 16 heavy (non-hydrogen) atoms. The average molecular weight is 241 g/mol. The summed E-state index contributed by atoms with van der Waals surface area (Å²) in [6, 6.07) is 2.74. The molecule has 2 heterocycles. The quantitative estimate of drug-likeness (QED) is 0.756. The second kappa shape index (κ2) is 4.34. The molecule has 87 valence electrons. The van der Waals surface area contributed by atoms with Gasteiger partial charge in [-0.25, -0.2) is 23.5 Å². The first kappa shape index (κ1) is 11.3. The highest BCUT2D eigenvalue weighted by atomic mass is 32.2. The van der Waals surface area contributed by atoms with E-state index in [1.165, 1.54) is 0 Å². The van der Waals surface area contributed by atoms with Crippen LogP contribution < -0.4 is 10.0 Å². The van der Waals surface area contributed by atoms with Crippen molar-refractivity contribution in [2.45, 2.75) is 18.1 Å². The summed E-state index contributed by atoms with van der Waals surface area (Å²) in [6.45, 7) is 1.23. The number of primary sulfonamides is 1. The maximum absolute atomic E-state index is 11.2. The molecule has 1 radical (unpaired) electrons. The largest absolute Gasteiger partial charge is 0.341 e. The Morgan fingerprint density at radius 2 is 1.88 bits per heavy atom. The van der Waals surface area contributed by atoms with Crippen molar-refractivity contribution < 1.29 is 8.42 Å². The lowest BCUT2D eigenvalue weighted by Gasteiger charge is -2.30. The van der Waals surface area contributed by atoms with Crippen molar-refractivity contribution in [3.8, 4) is 0 Å². The molecule has 0 amide bonds. The molecule has 0 saturated carbocycles. The van der Waals surface area contributed by atoms with Gasteiger partial charge >= 0.3 is 0 Å². The fourth-order valence-corrected chi connectivity index (χ4v) is 2.67. The van der Waals surface area contributed by atoms with Crippen LogP contribution >= 0.6 is 0 Å². The Balaban J connectivity index is 2.01. The normalized spacial score (nSPS) is 18.7. The number of hydrogen-bond acceptors (Lipinski definition) is 5. The topological polar surface area (TPSA) is 89.2 Å². The third kappa shape index (κ3) is 2.48. The smallest absolute Gasteiger partial charge is 0.225 e. The number of anilines is 1. The minimum Gasteiger partial charge on any atom is -0.341 e. The van der Waals surface area contributed by atoms with Gasteiger partial charge in [0, 0.05) is 31.5 Å². The van der Waals surface area contributed by atoms with Crippen molar-refractivity contribution in [1.82, 2.24) is 9.97 Å². The minimum atomic E-state index is -3.41. The Bertz CT molecular complexity index is 440. The van der Waals surface area contributed by atoms with E-state index in [1.807, 2.05) is 4.90 Å². The predicted octanol–water partition coefficient (Wildman–Crippen LogP) is -0.466. The molecule has 1 aliphatic heterocycles. The summed E-state index contributed by atoms with van der Waals surface area (Å²) in [4.78, 5) is 10.1. The van der Waals surface area contributed by atoms with Gasteiger partial charge in [0.15, 0.2) is 0 Å². The highest BCUT2D eigenvalue weighted by Gasteiger charge is 2.27. The first-order valence-corrected chi connectivity index (χ1v) is 6.63. The molecule has 0 spiro atoms. The first-order chi connectivity index (χ1) is 7.57. The van der Waals surface area contributed by atoms with Crippen molar-refractivity contribution >= 4 is 16.0 Å². The highest BCUT2D eigenvalue weighted by Crippen LogP contribution is 2.18. The van der Waals surface area contributed by atoms with E-state index in [0.717, 1.165) is 0 Å². The Labute approximate surface area is 94.6 Å². The molecule has 2 rings (SSSR count). The Morgan fingerprint density at radius 3 is 2.38 bits per heavy atom. The lowest BCUT2D eigenvalue weighted by molar-refractivity contribution is 0.526. The summed E-state index contributed by atoms with van der Waals surface area (Å²) in [5, 5.41) is 4.68. The maximum atomic E-state index is 11.2. The van der Waals surface area contributed by atoms with Gasteiger partial charge in [0.1, 0.15) is 0 Å². The third-order valence-electron chi connectivity index (χ3n) is 2.70. The molecular formula is C9H13N4O2S. The van der Waals surface area contributed by atoms with Crippen LogP contribution in [0.3, 0.4) is 0 Å². The Kier molecular flexibility index (Phi) is 3.06. The summed E-state index contributed by atoms with van der Waals surface area (Å²) in [5.74, 6) is 0.617. The molecule has 1 aromatic heterocycles. The van der Waals surface area contributed by atoms with E-state index in [4.69, 9.17) is 5.14 Å². The van der Waals surface area contributed by atoms with Gasteiger partial charge in [-0.05, 0) is 12.8 Å². The number of hydrogen-bond donors (Lipinski definition) is 1. The van der Waals surface area contributed by atoms with Crippen LogP contribution in [0.1, 0.15) is 12.8 Å². The molecule has 0 atom stereocenters. The second-order valence-electron chi connectivity index (χ2n) is 3.76. The van der Waals surface area contributed by atoms with Gasteiger partial charge < -0.3 is 4.90 Å². The van der Waals surface area contributed by atoms with Crippen LogP contribution in [0.25, 0.3) is 0 Å². The predicted molar refractivity (Wildman–Crippen MR) is 59.2 cm³/mol. The lowest BCUT2D eigenvalue weighted by Crippen LogP contribution is -2.42. The molecule has 0 aromatic carbocycles. The number of nitrogens with zero attached hydrogens (tertiary/aromatic N) is 3. The number of piperidine rings is 1. The molecule has 0 aliphatic carbocycles. The molecular weight excluding hydrogens is 228 g/mol. The van der Waals surface area contributed by atoms with Crippen LogP contribution in [-0.4, -0.2) is 36.7 Å². The van der Waals surface area contributed by atoms with Gasteiger partial charge in [-0.3, -0.25) is 0 Å². The molecule has 1 aliphatic rings. The van der Waals surface area contributed by atoms with Gasteiger partial charge in [0.2, 0.25) is 16.0 Å². The van der Waals surface area contributed by atoms with Gasteiger partial charge in [-0.2, -0.15) is 0 Å². The average Bonchev–Trinajstić information content (AvgIpc) is 2.29. The van der Waals surface area contributed by atoms with Crippen LogP contribution in [0.4, 0.5) is 5.95 Å². The second-order valence-corrected chi connectivity index (χ2v) is 5.60. The van der Waals surface area contributed by atoms with E-state index in [0.29, 0.717) is 31.9 Å². The minimum absolute atomic E-state index is 0.431. The number of rotatable bonds is 2. The summed E-state index contributed by atoms with van der Waals surface area (Å²) >= 11 is 0. The van der Waals surface area contributed by atoms with E-state index in [-0.39, 0.29) is 0 Å². The Hall–Kier alpha value is -1.21. The number of sulfonamides is 1. The SMILES string of the molecule is NS(=O)(=O)C1CCN(c2nc[c]cn2)CC1. The zero-order valence-corrected chi connectivity index (χ0v) is 9.52. The standard InChI is InChI=1S/C9H13N4O2S/c10-16(14,15)8-2-6-13(7-3-8)9-11-4-1-5-12-9/h4-5,8H,2-3,6-7H2,(H2,10,14,15). The fourth-order valence-electron chi connectivity index (χ4n) is 1.80. The van der Waals surface area contributed by atoms with E-state index in [9.17, 15) is 8.42 Å². The molecule has 0 unspecified atom stereocenters. The van der Waals surface area contributed by atoms with Crippen molar-refractivity contribution in [3.05, 3.63) is 18.5 Å². The van der Waals surface area contributed by atoms with Crippen molar-refractivity contribution in [1.29, 1.82) is 0 Å². The van der Waals surface area contributed by atoms with Crippen molar-refractivity contribution in [2.75, 3.05) is 18.0 Å². The number of nitrogens with two attached hydrogens (primary N) is 1. The number of aromatic nitrogens is 2. The van der Waals surface area contributed by atoms with E-state index in [2.05, 4.69) is 16.0 Å². The van der Waals surface area contributed by atoms with Crippen LogP contribution in [0.5, 0.6) is 0 Å². The van der Waals surface area contributed by atoms with Crippen LogP contribution in [0.2, 0.25) is 0 Å². The van der Waals surface area contributed by atoms with Crippen LogP contribution in [0.15, 0.2) is 12.4 Å². The summed E-state index contributed by atoms with van der Waals surface area (Å²) in [7, 11) is -3.41. The molecule has 1 saturated heterocycles. The zero-order valence-electron chi connectivity index (χ0n) is 8.70. The monoisotopic (exact) mass is 241 g/mol. The van der Waals surface area contributed by atoms with Crippen LogP contribution in [-0.2, 0) is 10.0 Å². The Morgan fingerprint density at radius 1 is 1.31 bits per heavy atom. The van der Waals surface area contributed by atoms with E-state index >= 15 is 0 Å².